The highest BCUT2D eigenvalue weighted by Crippen LogP contribution is 2.35. The molecule has 0 saturated heterocycles. The molecule has 1 aliphatic carbocycles. The average Bonchev–Trinajstić information content (AvgIpc) is 2.64. The van der Waals surface area contributed by atoms with Crippen molar-refractivity contribution in [3.63, 3.8) is 0 Å². The molecule has 1 N–H and O–H groups in total. The molecule has 2 aromatic heterocycles. The Balaban J connectivity index is 1.92. The summed E-state index contributed by atoms with van der Waals surface area (Å²) in [6, 6.07) is 7.41. The van der Waals surface area contributed by atoms with Gasteiger partial charge in [0.05, 0.1) is 5.39 Å². The maximum Gasteiger partial charge on any atom is 0.329 e. The number of Topliss-reactive ketones (excluding diaryl/α,β-unsaturated/α-hetero) is 1. The number of aromatic amines is 1. The van der Waals surface area contributed by atoms with Crippen LogP contribution < -0.4 is 11.2 Å². The highest BCUT2D eigenvalue weighted by atomic mass is 35.5. The Labute approximate surface area is 159 Å². The van der Waals surface area contributed by atoms with E-state index in [2.05, 4.69) is 9.97 Å². The lowest BCUT2D eigenvalue weighted by atomic mass is 9.79. The zero-order chi connectivity index (χ0) is 19.1. The number of fused-ring (bicyclic) bond motifs is 3. The number of rotatable bonds is 3. The van der Waals surface area contributed by atoms with Crippen LogP contribution in [-0.2, 0) is 13.0 Å². The molecule has 0 unspecified atom stereocenters. The number of H-pyrrole nitrogens is 1. The predicted octanol–water partition coefficient (Wildman–Crippen LogP) is 3.06. The third-order valence-electron chi connectivity index (χ3n) is 5.09. The Morgan fingerprint density at radius 1 is 1.19 bits per heavy atom. The molecule has 2 heterocycles. The third-order valence-corrected chi connectivity index (χ3v) is 5.34. The second-order valence-electron chi connectivity index (χ2n) is 6.84. The Morgan fingerprint density at radius 3 is 2.63 bits per heavy atom. The molecular weight excluding hydrogens is 366 g/mol. The molecule has 7 heteroatoms. The minimum absolute atomic E-state index is 0.0428. The van der Waals surface area contributed by atoms with E-state index in [1.165, 1.54) is 10.8 Å². The molecule has 0 saturated carbocycles. The number of carbonyl (C=O) groups is 1. The monoisotopic (exact) mass is 383 g/mol. The molecule has 4 rings (SSSR count). The van der Waals surface area contributed by atoms with Crippen LogP contribution in [0.5, 0.6) is 0 Å². The van der Waals surface area contributed by atoms with Crippen LogP contribution in [0.3, 0.4) is 0 Å². The van der Waals surface area contributed by atoms with Gasteiger partial charge in [-0.05, 0) is 42.0 Å². The molecule has 0 radical (unpaired) electrons. The Bertz CT molecular complexity index is 1160. The van der Waals surface area contributed by atoms with Gasteiger partial charge < -0.3 is 0 Å². The lowest BCUT2D eigenvalue weighted by molar-refractivity contribution is 0.0964. The number of ketones is 1. The van der Waals surface area contributed by atoms with Crippen LogP contribution in [0.2, 0.25) is 5.02 Å². The largest absolute Gasteiger partial charge is 0.329 e. The molecule has 1 aliphatic rings. The van der Waals surface area contributed by atoms with Crippen LogP contribution in [-0.4, -0.2) is 20.3 Å². The zero-order valence-electron chi connectivity index (χ0n) is 14.8. The number of benzene rings is 1. The molecule has 0 fully saturated rings. The van der Waals surface area contributed by atoms with Gasteiger partial charge in [0.2, 0.25) is 0 Å². The minimum atomic E-state index is -0.490. The summed E-state index contributed by atoms with van der Waals surface area (Å²) in [5.41, 5.74) is 1.52. The molecule has 0 bridgehead atoms. The smallest absolute Gasteiger partial charge is 0.294 e. The fraction of sp³-hybridized carbons (Fsp3) is 0.300. The molecule has 27 heavy (non-hydrogen) atoms. The van der Waals surface area contributed by atoms with Gasteiger partial charge in [0.1, 0.15) is 5.65 Å². The number of pyridine rings is 1. The van der Waals surface area contributed by atoms with E-state index in [9.17, 15) is 14.4 Å². The van der Waals surface area contributed by atoms with Gasteiger partial charge in [0.15, 0.2) is 5.78 Å². The second-order valence-corrected chi connectivity index (χ2v) is 7.28. The number of hydrogen-bond donors (Lipinski definition) is 1. The number of carbonyl (C=O) groups excluding carboxylic acids is 1. The maximum absolute atomic E-state index is 12.7. The number of nitrogens with zero attached hydrogens (tertiary/aromatic N) is 2. The number of aryl methyl sites for hydroxylation is 1. The van der Waals surface area contributed by atoms with Crippen LogP contribution >= 0.6 is 11.6 Å². The maximum atomic E-state index is 12.7. The van der Waals surface area contributed by atoms with Crippen LogP contribution in [0.1, 0.15) is 47.2 Å². The van der Waals surface area contributed by atoms with E-state index < -0.39 is 11.2 Å². The molecule has 0 spiro atoms. The van der Waals surface area contributed by atoms with Gasteiger partial charge in [-0.1, -0.05) is 30.7 Å². The van der Waals surface area contributed by atoms with Crippen molar-refractivity contribution in [3.8, 4) is 0 Å². The van der Waals surface area contributed by atoms with Gasteiger partial charge in [-0.3, -0.25) is 19.1 Å². The highest BCUT2D eigenvalue weighted by Gasteiger charge is 2.29. The van der Waals surface area contributed by atoms with Crippen molar-refractivity contribution in [1.82, 2.24) is 14.5 Å². The van der Waals surface area contributed by atoms with E-state index in [1.807, 2.05) is 19.1 Å². The standard InChI is InChI=1S/C20H18ClN3O3/c1-2-7-24-18-17(19(26)23-20(24)27)14-8-12(9-16(25)15(14)10-22-18)11-3-5-13(21)6-4-11/h3-6,10,12H,2,7-9H2,1H3,(H,23,26,27)/t12-/m1/s1. The Hall–Kier alpha value is -2.73. The number of halogens is 1. The van der Waals surface area contributed by atoms with E-state index in [0.29, 0.717) is 46.6 Å². The second kappa shape index (κ2) is 6.78. The Morgan fingerprint density at radius 2 is 1.93 bits per heavy atom. The summed E-state index contributed by atoms with van der Waals surface area (Å²) in [6.45, 7) is 2.40. The summed E-state index contributed by atoms with van der Waals surface area (Å²) < 4.78 is 1.47. The topological polar surface area (TPSA) is 84.8 Å². The average molecular weight is 384 g/mol. The van der Waals surface area contributed by atoms with E-state index in [-0.39, 0.29) is 11.7 Å². The SMILES string of the molecule is CCCn1c(=O)[nH]c(=O)c2c3c(cnc21)C(=O)C[C@H](c1ccc(Cl)cc1)C3. The first-order chi connectivity index (χ1) is 13.0. The van der Waals surface area contributed by atoms with Crippen molar-refractivity contribution < 1.29 is 4.79 Å². The van der Waals surface area contributed by atoms with Gasteiger partial charge in [-0.25, -0.2) is 9.78 Å². The first-order valence-electron chi connectivity index (χ1n) is 8.93. The number of hydrogen-bond acceptors (Lipinski definition) is 4. The molecule has 0 amide bonds. The van der Waals surface area contributed by atoms with Crippen LogP contribution in [0, 0.1) is 0 Å². The molecule has 6 nitrogen and oxygen atoms in total. The van der Waals surface area contributed by atoms with Crippen LogP contribution in [0.4, 0.5) is 0 Å². The summed E-state index contributed by atoms with van der Waals surface area (Å²) in [6.07, 6.45) is 3.12. The highest BCUT2D eigenvalue weighted by molar-refractivity contribution is 6.30. The number of aromatic nitrogens is 3. The molecule has 1 atom stereocenters. The van der Waals surface area contributed by atoms with E-state index in [4.69, 9.17) is 11.6 Å². The molecule has 138 valence electrons. The van der Waals surface area contributed by atoms with Gasteiger partial charge in [0.25, 0.3) is 5.56 Å². The Kier molecular flexibility index (Phi) is 4.44. The van der Waals surface area contributed by atoms with Crippen LogP contribution in [0.25, 0.3) is 11.0 Å². The van der Waals surface area contributed by atoms with Crippen molar-refractivity contribution >= 4 is 28.4 Å². The van der Waals surface area contributed by atoms with Crippen molar-refractivity contribution in [3.05, 3.63) is 73.0 Å². The summed E-state index contributed by atoms with van der Waals surface area (Å²) >= 11 is 5.97. The van der Waals surface area contributed by atoms with E-state index in [0.717, 1.165) is 12.0 Å². The molecule has 3 aromatic rings. The van der Waals surface area contributed by atoms with Gasteiger partial charge in [-0.2, -0.15) is 0 Å². The summed E-state index contributed by atoms with van der Waals surface area (Å²) in [5.74, 6) is -0.0861. The summed E-state index contributed by atoms with van der Waals surface area (Å²) in [5, 5.41) is 0.975. The number of nitrogens with one attached hydrogen (secondary N) is 1. The fourth-order valence-electron chi connectivity index (χ4n) is 3.81. The third kappa shape index (κ3) is 3.00. The van der Waals surface area contributed by atoms with E-state index >= 15 is 0 Å². The van der Waals surface area contributed by atoms with Crippen molar-refractivity contribution in [2.24, 2.45) is 0 Å². The molecule has 0 aliphatic heterocycles. The lowest BCUT2D eigenvalue weighted by Crippen LogP contribution is -2.33. The van der Waals surface area contributed by atoms with Crippen molar-refractivity contribution in [2.45, 2.75) is 38.6 Å². The normalized spacial score (nSPS) is 16.5. The van der Waals surface area contributed by atoms with Gasteiger partial charge in [-0.15, -0.1) is 0 Å². The zero-order valence-corrected chi connectivity index (χ0v) is 15.5. The van der Waals surface area contributed by atoms with Crippen LogP contribution in [0.15, 0.2) is 40.1 Å². The van der Waals surface area contributed by atoms with Crippen molar-refractivity contribution in [1.29, 1.82) is 0 Å². The van der Waals surface area contributed by atoms with Gasteiger partial charge >= 0.3 is 5.69 Å². The molecular formula is C20H18ClN3O3. The van der Waals surface area contributed by atoms with Crippen molar-refractivity contribution in [2.75, 3.05) is 0 Å². The summed E-state index contributed by atoms with van der Waals surface area (Å²) in [4.78, 5) is 44.2. The van der Waals surface area contributed by atoms with Gasteiger partial charge in [0, 0.05) is 29.7 Å². The quantitative estimate of drug-likeness (QED) is 0.753. The summed E-state index contributed by atoms with van der Waals surface area (Å²) in [7, 11) is 0. The van der Waals surface area contributed by atoms with E-state index in [1.54, 1.807) is 12.1 Å². The fourth-order valence-corrected chi connectivity index (χ4v) is 3.94. The molecule has 1 aromatic carbocycles. The lowest BCUT2D eigenvalue weighted by Gasteiger charge is -2.25. The predicted molar refractivity (Wildman–Crippen MR) is 104 cm³/mol. The minimum Gasteiger partial charge on any atom is -0.294 e. The first-order valence-corrected chi connectivity index (χ1v) is 9.30. The first kappa shape index (κ1) is 17.7.